The number of nitrogens with one attached hydrogen (secondary N) is 1. The summed E-state index contributed by atoms with van der Waals surface area (Å²) in [4.78, 5) is 12.0. The Kier molecular flexibility index (Phi) is 6.61. The Morgan fingerprint density at radius 3 is 2.41 bits per heavy atom. The first-order valence-corrected chi connectivity index (χ1v) is 5.07. The average Bonchev–Trinajstić information content (AvgIpc) is 2.35. The zero-order chi connectivity index (χ0) is 12.1. The first kappa shape index (κ1) is 15.7. The number of ether oxygens (including phenoxy) is 2. The molecule has 0 spiro atoms. The third kappa shape index (κ3) is 3.61. The molecule has 1 N–H and O–H groups in total. The van der Waals surface area contributed by atoms with E-state index in [1.165, 1.54) is 0 Å². The maximum absolute atomic E-state index is 12.0. The molecule has 1 rings (SSSR count). The number of methoxy groups -OCH3 is 2. The number of ketones is 1. The molecule has 0 radical (unpaired) electrons. The lowest BCUT2D eigenvalue weighted by molar-refractivity contribution is 0.0951. The quantitative estimate of drug-likeness (QED) is 0.821. The van der Waals surface area contributed by atoms with Crippen LogP contribution in [0.15, 0.2) is 18.2 Å². The largest absolute Gasteiger partial charge is 0.497 e. The number of Topliss-reactive ketones (excluding diaryl/α,β-unsaturated/α-hetero) is 1. The van der Waals surface area contributed by atoms with Crippen molar-refractivity contribution in [3.05, 3.63) is 23.8 Å². The molecule has 0 aromatic heterocycles. The van der Waals surface area contributed by atoms with Crippen molar-refractivity contribution in [2.24, 2.45) is 0 Å². The fourth-order valence-electron chi connectivity index (χ4n) is 1.37. The summed E-state index contributed by atoms with van der Waals surface area (Å²) >= 11 is 0. The van der Waals surface area contributed by atoms with E-state index in [9.17, 15) is 4.79 Å². The highest BCUT2D eigenvalue weighted by Gasteiger charge is 2.18. The summed E-state index contributed by atoms with van der Waals surface area (Å²) in [5.41, 5.74) is 0.531. The Hall–Kier alpha value is -1.26. The number of carbonyl (C=O) groups excluding carboxylic acids is 1. The highest BCUT2D eigenvalue weighted by atomic mass is 35.5. The van der Waals surface area contributed by atoms with E-state index < -0.39 is 0 Å². The highest BCUT2D eigenvalue weighted by molar-refractivity contribution is 6.02. The van der Waals surface area contributed by atoms with Gasteiger partial charge >= 0.3 is 0 Å². The summed E-state index contributed by atoms with van der Waals surface area (Å²) < 4.78 is 10.2. The molecule has 0 saturated carbocycles. The Morgan fingerprint density at radius 2 is 1.94 bits per heavy atom. The molecule has 0 amide bonds. The van der Waals surface area contributed by atoms with Gasteiger partial charge in [0.1, 0.15) is 11.5 Å². The number of hydrogen-bond acceptors (Lipinski definition) is 4. The lowest BCUT2D eigenvalue weighted by Gasteiger charge is -2.13. The van der Waals surface area contributed by atoms with Gasteiger partial charge in [-0.1, -0.05) is 0 Å². The number of hydrogen-bond donors (Lipinski definition) is 1. The van der Waals surface area contributed by atoms with Crippen LogP contribution in [-0.4, -0.2) is 33.1 Å². The fourth-order valence-corrected chi connectivity index (χ4v) is 1.37. The topological polar surface area (TPSA) is 47.6 Å². The van der Waals surface area contributed by atoms with Gasteiger partial charge in [-0.2, -0.15) is 0 Å². The van der Waals surface area contributed by atoms with Crippen LogP contribution in [0.25, 0.3) is 0 Å². The van der Waals surface area contributed by atoms with Crippen LogP contribution in [0.5, 0.6) is 11.5 Å². The minimum atomic E-state index is -0.249. The van der Waals surface area contributed by atoms with Crippen molar-refractivity contribution in [3.63, 3.8) is 0 Å². The lowest BCUT2D eigenvalue weighted by atomic mass is 10.0. The summed E-state index contributed by atoms with van der Waals surface area (Å²) in [5.74, 6) is 1.19. The summed E-state index contributed by atoms with van der Waals surface area (Å²) in [6.07, 6.45) is 0. The van der Waals surface area contributed by atoms with Crippen molar-refractivity contribution in [2.75, 3.05) is 21.3 Å². The molecule has 1 unspecified atom stereocenters. The monoisotopic (exact) mass is 259 g/mol. The molecule has 0 saturated heterocycles. The summed E-state index contributed by atoms with van der Waals surface area (Å²) in [5, 5.41) is 2.91. The molecule has 5 heteroatoms. The van der Waals surface area contributed by atoms with Crippen molar-refractivity contribution in [2.45, 2.75) is 13.0 Å². The molecular weight excluding hydrogens is 242 g/mol. The number of halogens is 1. The van der Waals surface area contributed by atoms with E-state index in [1.54, 1.807) is 46.4 Å². The van der Waals surface area contributed by atoms with Gasteiger partial charge in [0.25, 0.3) is 0 Å². The molecule has 4 nitrogen and oxygen atoms in total. The SMILES string of the molecule is CNC(C)C(=O)c1cc(OC)ccc1OC.Cl. The second-order valence-corrected chi connectivity index (χ2v) is 3.44. The van der Waals surface area contributed by atoms with Crippen LogP contribution in [0.4, 0.5) is 0 Å². The summed E-state index contributed by atoms with van der Waals surface area (Å²) in [6, 6.07) is 4.93. The van der Waals surface area contributed by atoms with Crippen LogP contribution < -0.4 is 14.8 Å². The van der Waals surface area contributed by atoms with Crippen molar-refractivity contribution in [1.29, 1.82) is 0 Å². The zero-order valence-electron chi connectivity index (χ0n) is 10.4. The van der Waals surface area contributed by atoms with E-state index >= 15 is 0 Å². The van der Waals surface area contributed by atoms with Crippen molar-refractivity contribution >= 4 is 18.2 Å². The summed E-state index contributed by atoms with van der Waals surface area (Å²) in [6.45, 7) is 1.81. The van der Waals surface area contributed by atoms with Gasteiger partial charge in [0.15, 0.2) is 5.78 Å². The highest BCUT2D eigenvalue weighted by Crippen LogP contribution is 2.25. The van der Waals surface area contributed by atoms with E-state index in [-0.39, 0.29) is 24.2 Å². The molecule has 17 heavy (non-hydrogen) atoms. The van der Waals surface area contributed by atoms with Gasteiger partial charge in [-0.15, -0.1) is 12.4 Å². The fraction of sp³-hybridized carbons (Fsp3) is 0.417. The first-order chi connectivity index (χ1) is 7.63. The lowest BCUT2D eigenvalue weighted by Crippen LogP contribution is -2.31. The van der Waals surface area contributed by atoms with E-state index in [1.807, 2.05) is 0 Å². The molecular formula is C12H18ClNO3. The smallest absolute Gasteiger partial charge is 0.183 e. The van der Waals surface area contributed by atoms with E-state index in [2.05, 4.69) is 5.32 Å². The van der Waals surface area contributed by atoms with Gasteiger partial charge in [0.2, 0.25) is 0 Å². The van der Waals surface area contributed by atoms with Crippen LogP contribution >= 0.6 is 12.4 Å². The van der Waals surface area contributed by atoms with Gasteiger partial charge in [-0.05, 0) is 32.2 Å². The van der Waals surface area contributed by atoms with Crippen LogP contribution in [0.1, 0.15) is 17.3 Å². The third-order valence-corrected chi connectivity index (χ3v) is 2.50. The molecule has 0 heterocycles. The molecule has 1 aromatic rings. The minimum absolute atomic E-state index is 0. The van der Waals surface area contributed by atoms with E-state index in [0.29, 0.717) is 17.1 Å². The second-order valence-electron chi connectivity index (χ2n) is 3.44. The van der Waals surface area contributed by atoms with Gasteiger partial charge in [0.05, 0.1) is 25.8 Å². The Morgan fingerprint density at radius 1 is 1.29 bits per heavy atom. The molecule has 1 aromatic carbocycles. The van der Waals surface area contributed by atoms with E-state index in [4.69, 9.17) is 9.47 Å². The van der Waals surface area contributed by atoms with Crippen molar-refractivity contribution < 1.29 is 14.3 Å². The van der Waals surface area contributed by atoms with Crippen LogP contribution in [0.3, 0.4) is 0 Å². The van der Waals surface area contributed by atoms with Gasteiger partial charge < -0.3 is 14.8 Å². The molecule has 0 aliphatic heterocycles. The Labute approximate surface area is 108 Å². The van der Waals surface area contributed by atoms with Crippen molar-refractivity contribution in [3.8, 4) is 11.5 Å². The number of benzene rings is 1. The van der Waals surface area contributed by atoms with Crippen LogP contribution in [-0.2, 0) is 0 Å². The first-order valence-electron chi connectivity index (χ1n) is 5.07. The van der Waals surface area contributed by atoms with Gasteiger partial charge in [0, 0.05) is 0 Å². The Balaban J connectivity index is 0.00000256. The van der Waals surface area contributed by atoms with Crippen LogP contribution in [0, 0.1) is 0 Å². The zero-order valence-corrected chi connectivity index (χ0v) is 11.3. The Bertz CT molecular complexity index is 382. The van der Waals surface area contributed by atoms with Crippen molar-refractivity contribution in [1.82, 2.24) is 5.32 Å². The molecule has 0 bridgehead atoms. The predicted octanol–water partition coefficient (Wildman–Crippen LogP) is 1.92. The number of likely N-dealkylation sites (N-methyl/N-ethyl adjacent to an activating group) is 1. The third-order valence-electron chi connectivity index (χ3n) is 2.50. The molecule has 0 aliphatic rings. The number of carbonyl (C=O) groups is 1. The van der Waals surface area contributed by atoms with Gasteiger partial charge in [-0.25, -0.2) is 0 Å². The summed E-state index contributed by atoms with van der Waals surface area (Å²) in [7, 11) is 4.86. The standard InChI is InChI=1S/C12H17NO3.ClH/c1-8(13-2)12(14)10-7-9(15-3)5-6-11(10)16-4;/h5-8,13H,1-4H3;1H. The molecule has 1 atom stereocenters. The second kappa shape index (κ2) is 7.14. The maximum Gasteiger partial charge on any atom is 0.183 e. The normalized spacial score (nSPS) is 11.3. The predicted molar refractivity (Wildman–Crippen MR) is 69.6 cm³/mol. The molecule has 0 aliphatic carbocycles. The van der Waals surface area contributed by atoms with Crippen LogP contribution in [0.2, 0.25) is 0 Å². The average molecular weight is 260 g/mol. The molecule has 0 fully saturated rings. The molecule has 96 valence electrons. The minimum Gasteiger partial charge on any atom is -0.497 e. The number of rotatable bonds is 5. The van der Waals surface area contributed by atoms with Gasteiger partial charge in [-0.3, -0.25) is 4.79 Å². The maximum atomic E-state index is 12.0. The van der Waals surface area contributed by atoms with E-state index in [0.717, 1.165) is 0 Å².